The van der Waals surface area contributed by atoms with Gasteiger partial charge < -0.3 is 19.1 Å². The maximum Gasteiger partial charge on any atom is 0.393 e. The smallest absolute Gasteiger partial charge is 0.384 e. The summed E-state index contributed by atoms with van der Waals surface area (Å²) in [4.78, 5) is 21.2. The number of aromatic nitrogens is 2. The number of piperidine rings is 1. The Morgan fingerprint density at radius 2 is 1.81 bits per heavy atom. The van der Waals surface area contributed by atoms with E-state index in [-0.39, 0.29) is 48.0 Å². The summed E-state index contributed by atoms with van der Waals surface area (Å²) in [6.07, 6.45) is -4.20. The number of methoxy groups -OCH3 is 1. The summed E-state index contributed by atoms with van der Waals surface area (Å²) in [5.74, 6) is 0.803. The van der Waals surface area contributed by atoms with Crippen LogP contribution in [0, 0.1) is 0 Å². The van der Waals surface area contributed by atoms with Crippen molar-refractivity contribution < 1.29 is 36.3 Å². The van der Waals surface area contributed by atoms with E-state index in [4.69, 9.17) is 9.26 Å². The zero-order chi connectivity index (χ0) is 25.9. The van der Waals surface area contributed by atoms with Crippen molar-refractivity contribution in [1.29, 1.82) is 0 Å². The van der Waals surface area contributed by atoms with Crippen LogP contribution < -0.4 is 0 Å². The number of hydrogen-bond acceptors (Lipinski definition) is 7. The number of halogens is 3. The van der Waals surface area contributed by atoms with Gasteiger partial charge in [0, 0.05) is 45.6 Å². The van der Waals surface area contributed by atoms with E-state index >= 15 is 0 Å². The predicted octanol–water partition coefficient (Wildman–Crippen LogP) is 4.12. The molecule has 2 aliphatic rings. The van der Waals surface area contributed by atoms with Crippen LogP contribution in [0.15, 0.2) is 28.8 Å². The molecule has 2 saturated heterocycles. The van der Waals surface area contributed by atoms with Crippen LogP contribution in [0.5, 0.6) is 0 Å². The molecule has 2 aromatic rings. The number of amides is 2. The van der Waals surface area contributed by atoms with Crippen molar-refractivity contribution in [2.24, 2.45) is 0 Å². The van der Waals surface area contributed by atoms with Crippen molar-refractivity contribution in [3.05, 3.63) is 47.1 Å². The molecule has 0 radical (unpaired) electrons. The Kier molecular flexibility index (Phi) is 8.12. The van der Waals surface area contributed by atoms with Crippen LogP contribution >= 0.6 is 10.6 Å². The Morgan fingerprint density at radius 3 is 2.44 bits per heavy atom. The number of hydrogen-bond donors (Lipinski definition) is 2. The van der Waals surface area contributed by atoms with Crippen LogP contribution in [0.25, 0.3) is 0 Å². The van der Waals surface area contributed by atoms with Gasteiger partial charge in [0.2, 0.25) is 5.89 Å². The summed E-state index contributed by atoms with van der Waals surface area (Å²) in [5.41, 5.74) is 1.01. The second-order valence-electron chi connectivity index (χ2n) is 9.34. The SMILES string of the molecule is COCCc1noc(C2CC(c3ccc(CC(F)(F)F)cc3)CN(C(=O)N3CCS(O)(O)CC3)C2)n1. The van der Waals surface area contributed by atoms with E-state index in [0.29, 0.717) is 44.3 Å². The highest BCUT2D eigenvalue weighted by Gasteiger charge is 2.37. The first-order valence-electron chi connectivity index (χ1n) is 11.8. The third kappa shape index (κ3) is 6.90. The number of nitrogens with zero attached hydrogens (tertiary/aromatic N) is 4. The van der Waals surface area contributed by atoms with E-state index < -0.39 is 23.2 Å². The lowest BCUT2D eigenvalue weighted by atomic mass is 9.84. The molecule has 9 nitrogen and oxygen atoms in total. The predicted molar refractivity (Wildman–Crippen MR) is 127 cm³/mol. The van der Waals surface area contributed by atoms with Gasteiger partial charge in [0.1, 0.15) is 0 Å². The Labute approximate surface area is 208 Å². The van der Waals surface area contributed by atoms with Gasteiger partial charge in [-0.1, -0.05) is 29.4 Å². The minimum absolute atomic E-state index is 0.145. The molecule has 2 aliphatic heterocycles. The molecular weight excluding hydrogens is 501 g/mol. The number of alkyl halides is 3. The molecule has 0 saturated carbocycles. The molecule has 2 amide bonds. The zero-order valence-corrected chi connectivity index (χ0v) is 20.8. The molecule has 0 spiro atoms. The van der Waals surface area contributed by atoms with Crippen LogP contribution in [-0.4, -0.2) is 92.7 Å². The average molecular weight is 533 g/mol. The van der Waals surface area contributed by atoms with Gasteiger partial charge in [-0.2, -0.15) is 28.7 Å². The van der Waals surface area contributed by atoms with Crippen molar-refractivity contribution in [2.75, 3.05) is 51.4 Å². The number of carbonyl (C=O) groups excluding carboxylic acids is 1. The third-order valence-corrected chi connectivity index (χ3v) is 8.26. The Hall–Kier alpha value is -2.35. The Morgan fingerprint density at radius 1 is 1.14 bits per heavy atom. The van der Waals surface area contributed by atoms with Crippen LogP contribution in [0.4, 0.5) is 18.0 Å². The second-order valence-corrected chi connectivity index (χ2v) is 11.8. The molecule has 2 fully saturated rings. The Bertz CT molecular complexity index is 1020. The number of urea groups is 1. The summed E-state index contributed by atoms with van der Waals surface area (Å²) < 4.78 is 68.7. The lowest BCUT2D eigenvalue weighted by molar-refractivity contribution is -0.127. The summed E-state index contributed by atoms with van der Waals surface area (Å²) in [5, 5.41) is 4.01. The van der Waals surface area contributed by atoms with E-state index in [9.17, 15) is 27.1 Å². The summed E-state index contributed by atoms with van der Waals surface area (Å²) in [7, 11) is -1.07. The summed E-state index contributed by atoms with van der Waals surface area (Å²) >= 11 is 0. The molecule has 2 unspecified atom stereocenters. The molecule has 200 valence electrons. The van der Waals surface area contributed by atoms with Gasteiger partial charge in [0.05, 0.1) is 30.5 Å². The molecule has 36 heavy (non-hydrogen) atoms. The Balaban J connectivity index is 1.53. The highest BCUT2D eigenvalue weighted by atomic mass is 32.3. The first kappa shape index (κ1) is 26.7. The van der Waals surface area contributed by atoms with Gasteiger partial charge in [0.15, 0.2) is 5.82 Å². The van der Waals surface area contributed by atoms with Gasteiger partial charge in [-0.25, -0.2) is 4.79 Å². The number of benzene rings is 1. The molecule has 0 aliphatic carbocycles. The van der Waals surface area contributed by atoms with Crippen molar-refractivity contribution in [3.8, 4) is 0 Å². The lowest BCUT2D eigenvalue weighted by Gasteiger charge is -2.44. The molecule has 2 atom stereocenters. The van der Waals surface area contributed by atoms with Gasteiger partial charge in [-0.3, -0.25) is 9.11 Å². The highest BCUT2D eigenvalue weighted by Crippen LogP contribution is 2.41. The van der Waals surface area contributed by atoms with Crippen molar-refractivity contribution >= 4 is 16.6 Å². The fourth-order valence-electron chi connectivity index (χ4n) is 4.66. The molecule has 13 heteroatoms. The zero-order valence-electron chi connectivity index (χ0n) is 20.0. The van der Waals surface area contributed by atoms with Crippen molar-refractivity contribution in [1.82, 2.24) is 19.9 Å². The summed E-state index contributed by atoms with van der Waals surface area (Å²) in [6.45, 7) is 1.67. The standard InChI is InChI=1S/C23H31F3N4O5S/c1-34-9-6-20-27-21(35-28-20)19-12-18(17-4-2-16(3-5-17)13-23(24,25)26)14-30(15-19)22(31)29-7-10-36(32,33)11-8-29/h2-5,18-19,32-33H,6-15H2,1H3. The fraction of sp³-hybridized carbons (Fsp3) is 0.609. The number of rotatable bonds is 6. The molecule has 1 aromatic heterocycles. The minimum atomic E-state index is -4.28. The van der Waals surface area contributed by atoms with Gasteiger partial charge in [0.25, 0.3) is 0 Å². The van der Waals surface area contributed by atoms with Gasteiger partial charge >= 0.3 is 12.2 Å². The van der Waals surface area contributed by atoms with Crippen LogP contribution in [0.3, 0.4) is 0 Å². The maximum absolute atomic E-state index is 13.4. The number of carbonyl (C=O) groups is 1. The average Bonchev–Trinajstić information content (AvgIpc) is 3.31. The first-order valence-corrected chi connectivity index (χ1v) is 13.7. The topological polar surface area (TPSA) is 112 Å². The normalized spacial score (nSPS) is 23.5. The molecule has 3 heterocycles. The second kappa shape index (κ2) is 11.0. The fourth-order valence-corrected chi connectivity index (χ4v) is 5.89. The van der Waals surface area contributed by atoms with Crippen molar-refractivity contribution in [3.63, 3.8) is 0 Å². The quantitative estimate of drug-likeness (QED) is 0.576. The number of likely N-dealkylation sites (tertiary alicyclic amines) is 1. The van der Waals surface area contributed by atoms with Crippen molar-refractivity contribution in [2.45, 2.75) is 37.3 Å². The molecule has 1 aromatic carbocycles. The van der Waals surface area contributed by atoms with E-state index in [2.05, 4.69) is 10.1 Å². The summed E-state index contributed by atoms with van der Waals surface area (Å²) in [6, 6.07) is 6.11. The van der Waals surface area contributed by atoms with Crippen LogP contribution in [0.1, 0.15) is 41.1 Å². The van der Waals surface area contributed by atoms with E-state index in [0.717, 1.165) is 5.56 Å². The molecular formula is C23H31F3N4O5S. The van der Waals surface area contributed by atoms with Gasteiger partial charge in [-0.05, 0) is 17.5 Å². The molecule has 0 bridgehead atoms. The maximum atomic E-state index is 13.4. The van der Waals surface area contributed by atoms with E-state index in [1.54, 1.807) is 29.0 Å². The number of ether oxygens (including phenoxy) is 1. The van der Waals surface area contributed by atoms with E-state index in [1.807, 2.05) is 0 Å². The van der Waals surface area contributed by atoms with Gasteiger partial charge in [-0.15, -0.1) is 0 Å². The lowest BCUT2D eigenvalue weighted by Crippen LogP contribution is -2.52. The van der Waals surface area contributed by atoms with E-state index in [1.165, 1.54) is 12.1 Å². The highest BCUT2D eigenvalue weighted by molar-refractivity contribution is 8.24. The largest absolute Gasteiger partial charge is 0.393 e. The van der Waals surface area contributed by atoms with Crippen LogP contribution in [0.2, 0.25) is 0 Å². The first-order chi connectivity index (χ1) is 17.0. The molecule has 2 N–H and O–H groups in total. The van der Waals surface area contributed by atoms with Crippen LogP contribution in [-0.2, 0) is 17.6 Å². The molecule has 4 rings (SSSR count). The minimum Gasteiger partial charge on any atom is -0.384 e. The third-order valence-electron chi connectivity index (χ3n) is 6.59. The monoisotopic (exact) mass is 532 g/mol.